The fourth-order valence-corrected chi connectivity index (χ4v) is 3.43. The molecule has 2 aromatic carbocycles. The number of nitrogens with zero attached hydrogens (tertiary/aromatic N) is 1. The molecule has 0 unspecified atom stereocenters. The Morgan fingerprint density at radius 3 is 1.90 bits per heavy atom. The number of hydrogen-bond acceptors (Lipinski definition) is 3. The maximum Gasteiger partial charge on any atom is 0.315 e. The van der Waals surface area contributed by atoms with Crippen LogP contribution < -0.4 is 16.0 Å². The van der Waals surface area contributed by atoms with Crippen LogP contribution in [0.15, 0.2) is 48.5 Å². The van der Waals surface area contributed by atoms with Gasteiger partial charge in [0.1, 0.15) is 0 Å². The fraction of sp³-hybridized carbons (Fsp3) is 0.375. The molecule has 0 bridgehead atoms. The molecule has 0 aromatic heterocycles. The average Bonchev–Trinajstić information content (AvgIpc) is 2.82. The topological polar surface area (TPSA) is 90.5 Å². The Labute approximate surface area is 183 Å². The lowest BCUT2D eigenvalue weighted by molar-refractivity contribution is -0.115. The number of anilines is 1. The normalized spacial score (nSPS) is 13.4. The molecular weight excluding hydrogens is 392 g/mol. The second-order valence-electron chi connectivity index (χ2n) is 7.68. The van der Waals surface area contributed by atoms with Gasteiger partial charge in [0.2, 0.25) is 5.91 Å². The molecule has 3 N–H and O–H groups in total. The van der Waals surface area contributed by atoms with E-state index in [-0.39, 0.29) is 17.8 Å². The maximum absolute atomic E-state index is 12.5. The molecule has 3 rings (SSSR count). The second kappa shape index (κ2) is 11.2. The van der Waals surface area contributed by atoms with Gasteiger partial charge in [0.05, 0.1) is 0 Å². The Morgan fingerprint density at radius 1 is 0.806 bits per heavy atom. The third-order valence-electron chi connectivity index (χ3n) is 5.31. The van der Waals surface area contributed by atoms with E-state index in [2.05, 4.69) is 16.0 Å². The van der Waals surface area contributed by atoms with E-state index in [1.165, 1.54) is 6.42 Å². The monoisotopic (exact) mass is 422 g/mol. The van der Waals surface area contributed by atoms with Crippen LogP contribution in [0.2, 0.25) is 0 Å². The highest BCUT2D eigenvalue weighted by atomic mass is 16.2. The smallest absolute Gasteiger partial charge is 0.315 e. The Bertz CT molecular complexity index is 888. The lowest BCUT2D eigenvalue weighted by Gasteiger charge is -2.26. The Balaban J connectivity index is 1.41. The van der Waals surface area contributed by atoms with Gasteiger partial charge in [-0.15, -0.1) is 0 Å². The minimum atomic E-state index is -0.267. The highest BCUT2D eigenvalue weighted by Crippen LogP contribution is 2.14. The quantitative estimate of drug-likeness (QED) is 0.636. The van der Waals surface area contributed by atoms with Gasteiger partial charge >= 0.3 is 6.03 Å². The van der Waals surface area contributed by atoms with Gasteiger partial charge in [-0.05, 0) is 54.7 Å². The SMILES string of the molecule is CCC(=O)Nc1ccc(CNC(=O)NCc2ccc(C(=O)N3CCCCC3)cc2)cc1. The molecule has 0 saturated carbocycles. The maximum atomic E-state index is 12.5. The summed E-state index contributed by atoms with van der Waals surface area (Å²) < 4.78 is 0. The number of carbonyl (C=O) groups is 3. The van der Waals surface area contributed by atoms with Crippen molar-refractivity contribution in [3.8, 4) is 0 Å². The van der Waals surface area contributed by atoms with Crippen molar-refractivity contribution in [1.82, 2.24) is 15.5 Å². The number of carbonyl (C=O) groups excluding carboxylic acids is 3. The Hall–Kier alpha value is -3.35. The predicted molar refractivity (Wildman–Crippen MR) is 121 cm³/mol. The zero-order chi connectivity index (χ0) is 22.1. The molecule has 4 amide bonds. The molecule has 1 aliphatic rings. The first-order chi connectivity index (χ1) is 15.0. The molecule has 1 aliphatic heterocycles. The van der Waals surface area contributed by atoms with Crippen molar-refractivity contribution in [3.63, 3.8) is 0 Å². The van der Waals surface area contributed by atoms with Crippen LogP contribution in [0.5, 0.6) is 0 Å². The Morgan fingerprint density at radius 2 is 1.35 bits per heavy atom. The first-order valence-corrected chi connectivity index (χ1v) is 10.8. The average molecular weight is 423 g/mol. The standard InChI is InChI=1S/C24H30N4O3/c1-2-22(29)27-21-12-8-19(9-13-21)17-26-24(31)25-16-18-6-10-20(11-7-18)23(30)28-14-4-3-5-15-28/h6-13H,2-5,14-17H2,1H3,(H,27,29)(H2,25,26,31). The molecule has 0 radical (unpaired) electrons. The number of amides is 4. The van der Waals surface area contributed by atoms with Crippen molar-refractivity contribution >= 4 is 23.5 Å². The van der Waals surface area contributed by atoms with E-state index in [4.69, 9.17) is 0 Å². The summed E-state index contributed by atoms with van der Waals surface area (Å²) in [6.07, 6.45) is 3.77. The largest absolute Gasteiger partial charge is 0.339 e. The highest BCUT2D eigenvalue weighted by Gasteiger charge is 2.17. The van der Waals surface area contributed by atoms with Crippen molar-refractivity contribution < 1.29 is 14.4 Å². The molecule has 31 heavy (non-hydrogen) atoms. The van der Waals surface area contributed by atoms with Crippen molar-refractivity contribution in [2.75, 3.05) is 18.4 Å². The summed E-state index contributed by atoms with van der Waals surface area (Å²) >= 11 is 0. The molecule has 164 valence electrons. The van der Waals surface area contributed by atoms with Gasteiger partial charge in [0.25, 0.3) is 5.91 Å². The third kappa shape index (κ3) is 6.84. The van der Waals surface area contributed by atoms with Crippen molar-refractivity contribution in [3.05, 3.63) is 65.2 Å². The van der Waals surface area contributed by atoms with Gasteiger partial charge in [-0.3, -0.25) is 9.59 Å². The lowest BCUT2D eigenvalue weighted by atomic mass is 10.1. The molecule has 1 heterocycles. The van der Waals surface area contributed by atoms with Crippen LogP contribution >= 0.6 is 0 Å². The zero-order valence-corrected chi connectivity index (χ0v) is 17.9. The molecule has 7 nitrogen and oxygen atoms in total. The summed E-state index contributed by atoms with van der Waals surface area (Å²) in [5.41, 5.74) is 3.29. The van der Waals surface area contributed by atoms with E-state index in [1.54, 1.807) is 6.92 Å². The van der Waals surface area contributed by atoms with Crippen molar-refractivity contribution in [2.45, 2.75) is 45.7 Å². The van der Waals surface area contributed by atoms with Crippen LogP contribution in [0, 0.1) is 0 Å². The van der Waals surface area contributed by atoms with Gasteiger partial charge in [-0.2, -0.15) is 0 Å². The van der Waals surface area contributed by atoms with E-state index in [0.717, 1.165) is 42.7 Å². The van der Waals surface area contributed by atoms with Gasteiger partial charge in [-0.1, -0.05) is 31.2 Å². The van der Waals surface area contributed by atoms with E-state index in [1.807, 2.05) is 53.4 Å². The zero-order valence-electron chi connectivity index (χ0n) is 17.9. The van der Waals surface area contributed by atoms with Crippen LogP contribution in [-0.4, -0.2) is 35.8 Å². The molecule has 1 fully saturated rings. The molecule has 0 atom stereocenters. The number of likely N-dealkylation sites (tertiary alicyclic amines) is 1. The van der Waals surface area contributed by atoms with Crippen LogP contribution in [0.1, 0.15) is 54.1 Å². The van der Waals surface area contributed by atoms with Gasteiger partial charge in [-0.25, -0.2) is 4.79 Å². The van der Waals surface area contributed by atoms with Crippen molar-refractivity contribution in [1.29, 1.82) is 0 Å². The van der Waals surface area contributed by atoms with Gasteiger partial charge < -0.3 is 20.9 Å². The number of piperidine rings is 1. The lowest BCUT2D eigenvalue weighted by Crippen LogP contribution is -2.35. The van der Waals surface area contributed by atoms with Crippen LogP contribution in [0.25, 0.3) is 0 Å². The minimum absolute atomic E-state index is 0.0332. The summed E-state index contributed by atoms with van der Waals surface area (Å²) in [6.45, 7) is 4.23. The first kappa shape index (κ1) is 22.3. The second-order valence-corrected chi connectivity index (χ2v) is 7.68. The van der Waals surface area contributed by atoms with Crippen LogP contribution in [-0.2, 0) is 17.9 Å². The van der Waals surface area contributed by atoms with E-state index in [0.29, 0.717) is 25.1 Å². The number of rotatable bonds is 7. The van der Waals surface area contributed by atoms with Gasteiger partial charge in [0.15, 0.2) is 0 Å². The number of nitrogens with one attached hydrogen (secondary N) is 3. The number of hydrogen-bond donors (Lipinski definition) is 3. The van der Waals surface area contributed by atoms with Crippen molar-refractivity contribution in [2.24, 2.45) is 0 Å². The number of urea groups is 1. The molecule has 7 heteroatoms. The molecule has 0 aliphatic carbocycles. The summed E-state index contributed by atoms with van der Waals surface area (Å²) in [7, 11) is 0. The number of benzene rings is 2. The van der Waals surface area contributed by atoms with Gasteiger partial charge in [0, 0.05) is 43.9 Å². The predicted octanol–water partition coefficient (Wildman–Crippen LogP) is 3.66. The summed E-state index contributed by atoms with van der Waals surface area (Å²) in [6, 6.07) is 14.5. The molecule has 2 aromatic rings. The summed E-state index contributed by atoms with van der Waals surface area (Å²) in [5, 5.41) is 8.43. The van der Waals surface area contributed by atoms with E-state index >= 15 is 0 Å². The Kier molecular flexibility index (Phi) is 8.04. The third-order valence-corrected chi connectivity index (χ3v) is 5.31. The molecule has 0 spiro atoms. The summed E-state index contributed by atoms with van der Waals surface area (Å²) in [5.74, 6) is 0.0476. The summed E-state index contributed by atoms with van der Waals surface area (Å²) in [4.78, 5) is 37.9. The van der Waals surface area contributed by atoms with Crippen LogP contribution in [0.3, 0.4) is 0 Å². The van der Waals surface area contributed by atoms with E-state index < -0.39 is 0 Å². The van der Waals surface area contributed by atoms with E-state index in [9.17, 15) is 14.4 Å². The minimum Gasteiger partial charge on any atom is -0.339 e. The molecule has 1 saturated heterocycles. The highest BCUT2D eigenvalue weighted by molar-refractivity contribution is 5.94. The fourth-order valence-electron chi connectivity index (χ4n) is 3.43. The molecular formula is C24H30N4O3. The first-order valence-electron chi connectivity index (χ1n) is 10.8. The van der Waals surface area contributed by atoms with Crippen LogP contribution in [0.4, 0.5) is 10.5 Å².